The van der Waals surface area contributed by atoms with E-state index >= 15 is 0 Å². The van der Waals surface area contributed by atoms with Gasteiger partial charge in [-0.3, -0.25) is 4.79 Å². The average Bonchev–Trinajstić information content (AvgIpc) is 2.21. The summed E-state index contributed by atoms with van der Waals surface area (Å²) < 4.78 is 0.962. The Hall–Kier alpha value is -0.600. The molecule has 1 rings (SSSR count). The zero-order chi connectivity index (χ0) is 10.3. The second-order valence-electron chi connectivity index (χ2n) is 2.06. The van der Waals surface area contributed by atoms with E-state index in [1.807, 2.05) is 12.1 Å². The molecule has 0 N–H and O–H groups in total. The fraction of sp³-hybridized carbons (Fsp3) is 0.100. The molecule has 0 aliphatic carbocycles. The highest BCUT2D eigenvalue weighted by molar-refractivity contribution is 9.10. The third kappa shape index (κ3) is 4.25. The Balaban J connectivity index is 0.000000671. The van der Waals surface area contributed by atoms with Crippen molar-refractivity contribution in [2.45, 2.75) is 0 Å². The number of carbonyl (C=O) groups excluding carboxylic acids is 1. The Morgan fingerprint density at radius 1 is 1.31 bits per heavy atom. The third-order valence-corrected chi connectivity index (χ3v) is 2.06. The van der Waals surface area contributed by atoms with Crippen LogP contribution in [0.15, 0.2) is 41.9 Å². The number of alkyl halides is 1. The molecular weight excluding hydrogens is 251 g/mol. The average molecular weight is 262 g/mol. The SMILES string of the molecule is C=C.O=C(CCl)c1ccc(Br)cc1. The van der Waals surface area contributed by atoms with Gasteiger partial charge >= 0.3 is 0 Å². The summed E-state index contributed by atoms with van der Waals surface area (Å²) in [6.45, 7) is 6.00. The Labute approximate surface area is 91.5 Å². The Morgan fingerprint density at radius 3 is 2.15 bits per heavy atom. The van der Waals surface area contributed by atoms with Crippen LogP contribution in [0.3, 0.4) is 0 Å². The summed E-state index contributed by atoms with van der Waals surface area (Å²) in [6.07, 6.45) is 0. The molecule has 0 saturated carbocycles. The van der Waals surface area contributed by atoms with Crippen LogP contribution in [0.4, 0.5) is 0 Å². The molecule has 0 unspecified atom stereocenters. The molecule has 1 aromatic rings. The van der Waals surface area contributed by atoms with Crippen LogP contribution in [0.2, 0.25) is 0 Å². The maximum Gasteiger partial charge on any atom is 0.177 e. The molecule has 0 heterocycles. The summed E-state index contributed by atoms with van der Waals surface area (Å²) in [5.41, 5.74) is 0.656. The van der Waals surface area contributed by atoms with Gasteiger partial charge in [0.15, 0.2) is 5.78 Å². The lowest BCUT2D eigenvalue weighted by molar-refractivity contribution is 0.102. The van der Waals surface area contributed by atoms with Crippen molar-refractivity contribution in [3.8, 4) is 0 Å². The number of carbonyl (C=O) groups is 1. The van der Waals surface area contributed by atoms with Crippen molar-refractivity contribution >= 4 is 33.3 Å². The largest absolute Gasteiger partial charge is 0.293 e. The molecule has 0 radical (unpaired) electrons. The van der Waals surface area contributed by atoms with Crippen LogP contribution in [0.5, 0.6) is 0 Å². The molecule has 0 aliphatic rings. The van der Waals surface area contributed by atoms with E-state index in [4.69, 9.17) is 11.6 Å². The van der Waals surface area contributed by atoms with Crippen molar-refractivity contribution in [2.24, 2.45) is 0 Å². The predicted octanol–water partition coefficient (Wildman–Crippen LogP) is 3.67. The highest BCUT2D eigenvalue weighted by Gasteiger charge is 2.01. The van der Waals surface area contributed by atoms with E-state index < -0.39 is 0 Å². The third-order valence-electron chi connectivity index (χ3n) is 1.29. The Morgan fingerprint density at radius 2 is 1.77 bits per heavy atom. The zero-order valence-corrected chi connectivity index (χ0v) is 9.44. The van der Waals surface area contributed by atoms with Gasteiger partial charge in [0, 0.05) is 10.0 Å². The van der Waals surface area contributed by atoms with Gasteiger partial charge in [0.1, 0.15) is 0 Å². The van der Waals surface area contributed by atoms with E-state index in [0.29, 0.717) is 5.56 Å². The number of benzene rings is 1. The number of rotatable bonds is 2. The molecule has 1 aromatic carbocycles. The van der Waals surface area contributed by atoms with E-state index in [1.54, 1.807) is 12.1 Å². The van der Waals surface area contributed by atoms with Gasteiger partial charge in [-0.2, -0.15) is 0 Å². The molecule has 0 atom stereocenters. The Bertz CT molecular complexity index is 269. The van der Waals surface area contributed by atoms with Crippen molar-refractivity contribution in [1.82, 2.24) is 0 Å². The molecule has 0 bridgehead atoms. The van der Waals surface area contributed by atoms with Crippen LogP contribution in [0.25, 0.3) is 0 Å². The highest BCUT2D eigenvalue weighted by atomic mass is 79.9. The molecule has 0 aromatic heterocycles. The molecule has 0 fully saturated rings. The zero-order valence-electron chi connectivity index (χ0n) is 7.09. The molecule has 13 heavy (non-hydrogen) atoms. The minimum atomic E-state index is -0.0424. The van der Waals surface area contributed by atoms with Crippen LogP contribution < -0.4 is 0 Å². The van der Waals surface area contributed by atoms with Crippen LogP contribution in [-0.2, 0) is 0 Å². The number of hydrogen-bond acceptors (Lipinski definition) is 1. The molecule has 3 heteroatoms. The van der Waals surface area contributed by atoms with Crippen LogP contribution in [0.1, 0.15) is 10.4 Å². The first-order valence-corrected chi connectivity index (χ1v) is 4.91. The number of Topliss-reactive ketones (excluding diaryl/α,β-unsaturated/α-hetero) is 1. The first-order chi connectivity index (χ1) is 6.24. The van der Waals surface area contributed by atoms with E-state index in [0.717, 1.165) is 4.47 Å². The van der Waals surface area contributed by atoms with Gasteiger partial charge in [-0.15, -0.1) is 24.8 Å². The predicted molar refractivity (Wildman–Crippen MR) is 60.4 cm³/mol. The van der Waals surface area contributed by atoms with Gasteiger partial charge in [-0.25, -0.2) is 0 Å². The summed E-state index contributed by atoms with van der Waals surface area (Å²) in [6, 6.07) is 7.13. The molecular formula is C10H10BrClO. The number of hydrogen-bond donors (Lipinski definition) is 0. The van der Waals surface area contributed by atoms with Crippen LogP contribution in [-0.4, -0.2) is 11.7 Å². The van der Waals surface area contributed by atoms with Gasteiger partial charge in [-0.1, -0.05) is 28.1 Å². The first-order valence-electron chi connectivity index (χ1n) is 3.59. The summed E-state index contributed by atoms with van der Waals surface area (Å²) in [7, 11) is 0. The maximum absolute atomic E-state index is 11.0. The standard InChI is InChI=1S/C8H6BrClO.C2H4/c9-7-3-1-6(2-4-7)8(11)5-10;1-2/h1-4H,5H2;1-2H2. The van der Waals surface area contributed by atoms with Crippen molar-refractivity contribution < 1.29 is 4.79 Å². The molecule has 0 amide bonds. The van der Waals surface area contributed by atoms with Crippen molar-refractivity contribution in [1.29, 1.82) is 0 Å². The van der Waals surface area contributed by atoms with Gasteiger partial charge in [0.2, 0.25) is 0 Å². The topological polar surface area (TPSA) is 17.1 Å². The van der Waals surface area contributed by atoms with E-state index in [9.17, 15) is 4.79 Å². The molecule has 0 aliphatic heterocycles. The van der Waals surface area contributed by atoms with Crippen LogP contribution in [0, 0.1) is 0 Å². The number of halogens is 2. The fourth-order valence-electron chi connectivity index (χ4n) is 0.713. The minimum absolute atomic E-state index is 0.0424. The lowest BCUT2D eigenvalue weighted by Crippen LogP contribution is -1.98. The second kappa shape index (κ2) is 6.87. The summed E-state index contributed by atoms with van der Waals surface area (Å²) in [5.74, 6) is 0.000848. The van der Waals surface area contributed by atoms with Crippen LogP contribution >= 0.6 is 27.5 Å². The van der Waals surface area contributed by atoms with E-state index in [1.165, 1.54) is 0 Å². The summed E-state index contributed by atoms with van der Waals surface area (Å²) >= 11 is 8.64. The number of ketones is 1. The van der Waals surface area contributed by atoms with Crippen molar-refractivity contribution in [3.05, 3.63) is 47.5 Å². The fourth-order valence-corrected chi connectivity index (χ4v) is 1.13. The van der Waals surface area contributed by atoms with E-state index in [-0.39, 0.29) is 11.7 Å². The van der Waals surface area contributed by atoms with Crippen molar-refractivity contribution in [3.63, 3.8) is 0 Å². The molecule has 0 saturated heterocycles. The first kappa shape index (κ1) is 12.4. The maximum atomic E-state index is 11.0. The lowest BCUT2D eigenvalue weighted by Gasteiger charge is -1.95. The van der Waals surface area contributed by atoms with Gasteiger partial charge in [0.25, 0.3) is 0 Å². The monoisotopic (exact) mass is 260 g/mol. The quantitative estimate of drug-likeness (QED) is 0.451. The van der Waals surface area contributed by atoms with E-state index in [2.05, 4.69) is 29.1 Å². The van der Waals surface area contributed by atoms with Gasteiger partial charge < -0.3 is 0 Å². The highest BCUT2D eigenvalue weighted by Crippen LogP contribution is 2.11. The lowest BCUT2D eigenvalue weighted by atomic mass is 10.2. The second-order valence-corrected chi connectivity index (χ2v) is 3.25. The summed E-state index contributed by atoms with van der Waals surface area (Å²) in [4.78, 5) is 11.0. The van der Waals surface area contributed by atoms with Gasteiger partial charge in [0.05, 0.1) is 5.88 Å². The normalized spacial score (nSPS) is 8.46. The molecule has 70 valence electrons. The van der Waals surface area contributed by atoms with Crippen molar-refractivity contribution in [2.75, 3.05) is 5.88 Å². The summed E-state index contributed by atoms with van der Waals surface area (Å²) in [5, 5.41) is 0. The Kier molecular flexibility index (Phi) is 6.55. The smallest absolute Gasteiger partial charge is 0.177 e. The van der Waals surface area contributed by atoms with Gasteiger partial charge in [-0.05, 0) is 12.1 Å². The minimum Gasteiger partial charge on any atom is -0.293 e. The molecule has 0 spiro atoms. The molecule has 1 nitrogen and oxygen atoms in total.